The maximum atomic E-state index is 12.8. The number of unbranched alkanes of at least 4 members (excludes halogenated alkanes) is 47. The molecule has 0 fully saturated rings. The highest BCUT2D eigenvalue weighted by atomic mass is 16.6. The molecule has 71 heavy (non-hydrogen) atoms. The number of hydrogen-bond acceptors (Lipinski definition) is 6. The summed E-state index contributed by atoms with van der Waals surface area (Å²) in [7, 11) is 0. The minimum Gasteiger partial charge on any atom is -0.462 e. The molecule has 0 heterocycles. The number of rotatable bonds is 60. The van der Waals surface area contributed by atoms with Crippen molar-refractivity contribution in [3.63, 3.8) is 0 Å². The summed E-state index contributed by atoms with van der Waals surface area (Å²) >= 11 is 0. The molecule has 0 saturated carbocycles. The first-order valence-corrected chi connectivity index (χ1v) is 32.2. The second-order valence-electron chi connectivity index (χ2n) is 22.0. The van der Waals surface area contributed by atoms with E-state index in [1.807, 2.05) is 0 Å². The maximum Gasteiger partial charge on any atom is 0.306 e. The van der Waals surface area contributed by atoms with Crippen LogP contribution in [0.3, 0.4) is 0 Å². The molecule has 0 aromatic carbocycles. The minimum atomic E-state index is -0.767. The van der Waals surface area contributed by atoms with Gasteiger partial charge in [0.05, 0.1) is 0 Å². The summed E-state index contributed by atoms with van der Waals surface area (Å²) in [4.78, 5) is 37.8. The molecule has 0 aliphatic heterocycles. The van der Waals surface area contributed by atoms with E-state index in [1.54, 1.807) is 0 Å². The summed E-state index contributed by atoms with van der Waals surface area (Å²) < 4.78 is 16.7. The molecule has 0 N–H and O–H groups in total. The first kappa shape index (κ1) is 69.2. The summed E-state index contributed by atoms with van der Waals surface area (Å²) in [5, 5.41) is 0. The number of carbonyl (C=O) groups excluding carboxylic acids is 3. The Morgan fingerprint density at radius 1 is 0.268 bits per heavy atom. The molecule has 0 aliphatic rings. The van der Waals surface area contributed by atoms with E-state index in [4.69, 9.17) is 14.2 Å². The van der Waals surface area contributed by atoms with Crippen LogP contribution in [0.5, 0.6) is 0 Å². The second kappa shape index (κ2) is 60.7. The smallest absolute Gasteiger partial charge is 0.306 e. The van der Waals surface area contributed by atoms with Gasteiger partial charge in [-0.25, -0.2) is 0 Å². The molecule has 420 valence electrons. The number of esters is 3. The molecular weight excluding hydrogens is 877 g/mol. The Kier molecular flexibility index (Phi) is 59.1. The molecular formula is C65H124O6. The van der Waals surface area contributed by atoms with Crippen molar-refractivity contribution in [2.45, 2.75) is 374 Å². The average Bonchev–Trinajstić information content (AvgIpc) is 3.37. The Balaban J connectivity index is 3.87. The van der Waals surface area contributed by atoms with Crippen molar-refractivity contribution >= 4 is 17.9 Å². The molecule has 6 nitrogen and oxygen atoms in total. The van der Waals surface area contributed by atoms with E-state index in [1.165, 1.54) is 257 Å². The van der Waals surface area contributed by atoms with Crippen LogP contribution in [0.15, 0.2) is 12.2 Å². The lowest BCUT2D eigenvalue weighted by Crippen LogP contribution is -2.30. The largest absolute Gasteiger partial charge is 0.462 e. The summed E-state index contributed by atoms with van der Waals surface area (Å²) in [6, 6.07) is 0. The Morgan fingerprint density at radius 2 is 0.465 bits per heavy atom. The fraction of sp³-hybridized carbons (Fsp3) is 0.923. The van der Waals surface area contributed by atoms with Crippen LogP contribution in [-0.4, -0.2) is 37.2 Å². The van der Waals surface area contributed by atoms with Crippen LogP contribution < -0.4 is 0 Å². The average molecular weight is 1000 g/mol. The highest BCUT2D eigenvalue weighted by Crippen LogP contribution is 2.18. The van der Waals surface area contributed by atoms with Gasteiger partial charge in [0, 0.05) is 19.3 Å². The van der Waals surface area contributed by atoms with Gasteiger partial charge in [-0.1, -0.05) is 315 Å². The van der Waals surface area contributed by atoms with E-state index in [0.29, 0.717) is 19.3 Å². The Labute approximate surface area is 443 Å². The quantitative estimate of drug-likeness (QED) is 0.0261. The maximum absolute atomic E-state index is 12.8. The molecule has 1 atom stereocenters. The number of hydrogen-bond donors (Lipinski definition) is 0. The van der Waals surface area contributed by atoms with Gasteiger partial charge in [-0.15, -0.1) is 0 Å². The van der Waals surface area contributed by atoms with Gasteiger partial charge in [0.25, 0.3) is 0 Å². The second-order valence-corrected chi connectivity index (χ2v) is 22.0. The first-order valence-electron chi connectivity index (χ1n) is 32.2. The molecule has 0 bridgehead atoms. The van der Waals surface area contributed by atoms with E-state index in [9.17, 15) is 14.4 Å². The summed E-state index contributed by atoms with van der Waals surface area (Å²) in [6.45, 7) is 6.61. The van der Waals surface area contributed by atoms with Crippen LogP contribution in [0.4, 0.5) is 0 Å². The first-order chi connectivity index (χ1) is 35.0. The van der Waals surface area contributed by atoms with Gasteiger partial charge in [-0.05, 0) is 44.9 Å². The molecule has 1 unspecified atom stereocenters. The van der Waals surface area contributed by atoms with Gasteiger partial charge in [-0.2, -0.15) is 0 Å². The topological polar surface area (TPSA) is 78.9 Å². The Morgan fingerprint density at radius 3 is 0.704 bits per heavy atom. The van der Waals surface area contributed by atoms with Crippen LogP contribution in [0.25, 0.3) is 0 Å². The highest BCUT2D eigenvalue weighted by Gasteiger charge is 2.19. The zero-order valence-electron chi connectivity index (χ0n) is 48.3. The number of allylic oxidation sites excluding steroid dienone is 2. The van der Waals surface area contributed by atoms with Gasteiger partial charge >= 0.3 is 17.9 Å². The molecule has 6 heteroatoms. The minimum absolute atomic E-state index is 0.0690. The number of carbonyl (C=O) groups is 3. The monoisotopic (exact) mass is 1000 g/mol. The standard InChI is InChI=1S/C65H124O6/c1-4-7-10-13-15-17-19-21-23-25-26-27-28-29-30-31-32-33-34-35-36-37-38-39-40-42-43-45-47-49-52-55-58-64(67)70-61-62(60-69-63(66)57-54-51-12-9-6-3)71-65(68)59-56-53-50-48-46-44-41-24-22-20-18-16-14-11-8-5-2/h24,41,62H,4-23,25-40,42-61H2,1-3H3/b41-24-. The van der Waals surface area contributed by atoms with Crippen molar-refractivity contribution in [2.24, 2.45) is 0 Å². The molecule has 0 spiro atoms. The zero-order chi connectivity index (χ0) is 51.4. The van der Waals surface area contributed by atoms with E-state index < -0.39 is 6.10 Å². The molecule has 0 aromatic rings. The summed E-state index contributed by atoms with van der Waals surface area (Å²) in [5.41, 5.74) is 0. The van der Waals surface area contributed by atoms with Gasteiger partial charge in [0.2, 0.25) is 0 Å². The van der Waals surface area contributed by atoms with Crippen molar-refractivity contribution in [1.29, 1.82) is 0 Å². The molecule has 0 aliphatic carbocycles. The van der Waals surface area contributed by atoms with Gasteiger partial charge in [-0.3, -0.25) is 14.4 Å². The van der Waals surface area contributed by atoms with Gasteiger partial charge in [0.15, 0.2) is 6.10 Å². The van der Waals surface area contributed by atoms with E-state index >= 15 is 0 Å². The van der Waals surface area contributed by atoms with Crippen molar-refractivity contribution in [3.05, 3.63) is 12.2 Å². The summed E-state index contributed by atoms with van der Waals surface area (Å²) in [6.07, 6.45) is 71.5. The lowest BCUT2D eigenvalue weighted by atomic mass is 10.0. The summed E-state index contributed by atoms with van der Waals surface area (Å²) in [5.74, 6) is -0.870. The van der Waals surface area contributed by atoms with E-state index in [-0.39, 0.29) is 31.1 Å². The third kappa shape index (κ3) is 58.9. The highest BCUT2D eigenvalue weighted by molar-refractivity contribution is 5.71. The van der Waals surface area contributed by atoms with E-state index in [2.05, 4.69) is 32.9 Å². The molecule has 0 aromatic heterocycles. The fourth-order valence-electron chi connectivity index (χ4n) is 9.91. The van der Waals surface area contributed by atoms with Crippen LogP contribution >= 0.6 is 0 Å². The van der Waals surface area contributed by atoms with Crippen LogP contribution in [0.2, 0.25) is 0 Å². The third-order valence-corrected chi connectivity index (χ3v) is 14.8. The predicted octanol–water partition coefficient (Wildman–Crippen LogP) is 21.7. The van der Waals surface area contributed by atoms with Crippen molar-refractivity contribution < 1.29 is 28.6 Å². The van der Waals surface area contributed by atoms with Gasteiger partial charge < -0.3 is 14.2 Å². The van der Waals surface area contributed by atoms with E-state index in [0.717, 1.165) is 70.6 Å². The Hall–Kier alpha value is -1.85. The lowest BCUT2D eigenvalue weighted by molar-refractivity contribution is -0.167. The van der Waals surface area contributed by atoms with Crippen LogP contribution in [0, 0.1) is 0 Å². The molecule has 0 rings (SSSR count). The van der Waals surface area contributed by atoms with Crippen molar-refractivity contribution in [2.75, 3.05) is 13.2 Å². The Bertz CT molecular complexity index is 1100. The van der Waals surface area contributed by atoms with Crippen LogP contribution in [0.1, 0.15) is 367 Å². The number of ether oxygens (including phenoxy) is 3. The SMILES string of the molecule is CCCCCCCCC/C=C\CCCCCCCC(=O)OC(COC(=O)CCCCCCC)COC(=O)CCCCCCCCCCCCCCCCCCCCCCCCCCCCCCCCCC. The van der Waals surface area contributed by atoms with Crippen molar-refractivity contribution in [3.8, 4) is 0 Å². The normalized spacial score (nSPS) is 12.0. The van der Waals surface area contributed by atoms with Crippen molar-refractivity contribution in [1.82, 2.24) is 0 Å². The molecule has 0 radical (unpaired) electrons. The molecule has 0 saturated heterocycles. The lowest BCUT2D eigenvalue weighted by Gasteiger charge is -2.18. The van der Waals surface area contributed by atoms with Gasteiger partial charge in [0.1, 0.15) is 13.2 Å². The zero-order valence-corrected chi connectivity index (χ0v) is 48.3. The fourth-order valence-corrected chi connectivity index (χ4v) is 9.91. The predicted molar refractivity (Wildman–Crippen MR) is 307 cm³/mol. The van der Waals surface area contributed by atoms with Crippen LogP contribution in [-0.2, 0) is 28.6 Å². The third-order valence-electron chi connectivity index (χ3n) is 14.8. The molecule has 0 amide bonds.